The summed E-state index contributed by atoms with van der Waals surface area (Å²) in [5.74, 6) is 0. The Morgan fingerprint density at radius 2 is 1.42 bits per heavy atom. The highest BCUT2D eigenvalue weighted by Gasteiger charge is 2.47. The first-order chi connectivity index (χ1) is 9.27. The maximum atomic E-state index is 11.9. The first-order valence-electron chi connectivity index (χ1n) is 6.20. The molecular formula is C15H12N2O2. The molecule has 19 heavy (non-hydrogen) atoms. The van der Waals surface area contributed by atoms with Crippen molar-refractivity contribution >= 4 is 17.4 Å². The van der Waals surface area contributed by atoms with E-state index in [1.807, 2.05) is 48.5 Å². The van der Waals surface area contributed by atoms with Crippen LogP contribution >= 0.6 is 0 Å². The van der Waals surface area contributed by atoms with Gasteiger partial charge in [-0.2, -0.15) is 0 Å². The lowest BCUT2D eigenvalue weighted by atomic mass is 10.0. The fourth-order valence-corrected chi connectivity index (χ4v) is 2.82. The van der Waals surface area contributed by atoms with Crippen molar-refractivity contribution in [1.29, 1.82) is 0 Å². The van der Waals surface area contributed by atoms with Gasteiger partial charge in [-0.15, -0.1) is 0 Å². The molecule has 2 aromatic rings. The molecule has 4 rings (SSSR count). The minimum Gasteiger partial charge on any atom is -0.359 e. The first kappa shape index (κ1) is 10.6. The normalized spacial score (nSPS) is 22.8. The number of amides is 2. The van der Waals surface area contributed by atoms with Crippen molar-refractivity contribution in [3.8, 4) is 0 Å². The number of carbonyl (C=O) groups is 1. The van der Waals surface area contributed by atoms with E-state index in [4.69, 9.17) is 10.5 Å². The van der Waals surface area contributed by atoms with Crippen LogP contribution in [0.5, 0.6) is 0 Å². The predicted molar refractivity (Wildman–Crippen MR) is 71.2 cm³/mol. The predicted octanol–water partition coefficient (Wildman–Crippen LogP) is 3.03. The number of carbonyl (C=O) groups excluding carboxylic acids is 1. The number of hydrogen-bond donors (Lipinski definition) is 1. The number of epoxide rings is 1. The molecule has 4 nitrogen and oxygen atoms in total. The highest BCUT2D eigenvalue weighted by molar-refractivity contribution is 6.00. The van der Waals surface area contributed by atoms with Gasteiger partial charge in [0.05, 0.1) is 11.4 Å². The number of hydrogen-bond acceptors (Lipinski definition) is 2. The van der Waals surface area contributed by atoms with E-state index in [2.05, 4.69) is 0 Å². The lowest BCUT2D eigenvalue weighted by Crippen LogP contribution is -2.32. The smallest absolute Gasteiger partial charge is 0.323 e. The summed E-state index contributed by atoms with van der Waals surface area (Å²) in [6, 6.07) is 15.0. The molecule has 2 N–H and O–H groups in total. The van der Waals surface area contributed by atoms with E-state index >= 15 is 0 Å². The molecule has 2 atom stereocenters. The molecule has 2 heterocycles. The standard InChI is InChI=1S/C15H12N2O2/c16-15(18)17-11-7-3-1-5-9(11)13-14(19-13)10-6-2-4-8-12(10)17/h1-8,13-14H,(H2,16,18)/i15+1. The average Bonchev–Trinajstić information content (AvgIpc) is 3.19. The number of ether oxygens (including phenoxy) is 1. The summed E-state index contributed by atoms with van der Waals surface area (Å²) in [5.41, 5.74) is 9.23. The maximum absolute atomic E-state index is 11.9. The molecule has 94 valence electrons. The Morgan fingerprint density at radius 3 is 1.89 bits per heavy atom. The van der Waals surface area contributed by atoms with E-state index in [9.17, 15) is 4.79 Å². The van der Waals surface area contributed by atoms with Gasteiger partial charge in [0.1, 0.15) is 12.2 Å². The fraction of sp³-hybridized carbons (Fsp3) is 0.133. The third kappa shape index (κ3) is 1.40. The van der Waals surface area contributed by atoms with Crippen molar-refractivity contribution < 1.29 is 9.53 Å². The van der Waals surface area contributed by atoms with Crippen molar-refractivity contribution in [3.63, 3.8) is 0 Å². The Balaban J connectivity index is 2.02. The van der Waals surface area contributed by atoms with E-state index in [0.717, 1.165) is 22.5 Å². The molecule has 2 aromatic carbocycles. The first-order valence-corrected chi connectivity index (χ1v) is 6.20. The summed E-state index contributed by atoms with van der Waals surface area (Å²) in [6.07, 6.45) is 0.0587. The molecule has 2 amide bonds. The molecule has 1 saturated heterocycles. The Morgan fingerprint density at radius 1 is 0.947 bits per heavy atom. The van der Waals surface area contributed by atoms with Gasteiger partial charge in [0.15, 0.2) is 0 Å². The number of anilines is 2. The van der Waals surface area contributed by atoms with Crippen LogP contribution in [-0.2, 0) is 4.74 Å². The SMILES string of the molecule is N[13C](=O)N1c2ccccc2C2OC2c2ccccc21. The Labute approximate surface area is 110 Å². The van der Waals surface area contributed by atoms with Gasteiger partial charge in [-0.05, 0) is 12.1 Å². The van der Waals surface area contributed by atoms with Crippen molar-refractivity contribution in [1.82, 2.24) is 0 Å². The lowest BCUT2D eigenvalue weighted by Gasteiger charge is -2.23. The minimum absolute atomic E-state index is 0.0294. The molecular weight excluding hydrogens is 241 g/mol. The Bertz CT molecular complexity index is 632. The summed E-state index contributed by atoms with van der Waals surface area (Å²) in [4.78, 5) is 13.4. The number of fused-ring (bicyclic) bond motifs is 5. The van der Waals surface area contributed by atoms with Crippen LogP contribution in [0.2, 0.25) is 0 Å². The number of nitrogens with zero attached hydrogens (tertiary/aromatic N) is 1. The van der Waals surface area contributed by atoms with Crippen LogP contribution in [0.3, 0.4) is 0 Å². The molecule has 2 unspecified atom stereocenters. The molecule has 2 aliphatic rings. The van der Waals surface area contributed by atoms with Gasteiger partial charge in [-0.3, -0.25) is 4.90 Å². The fourth-order valence-electron chi connectivity index (χ4n) is 2.82. The van der Waals surface area contributed by atoms with Gasteiger partial charge in [0, 0.05) is 11.1 Å². The third-order valence-electron chi connectivity index (χ3n) is 3.68. The quantitative estimate of drug-likeness (QED) is 0.579. The van der Waals surface area contributed by atoms with Crippen molar-refractivity contribution in [2.75, 3.05) is 4.90 Å². The number of nitrogens with two attached hydrogens (primary N) is 1. The van der Waals surface area contributed by atoms with E-state index in [1.165, 1.54) is 0 Å². The summed E-state index contributed by atoms with van der Waals surface area (Å²) in [5, 5.41) is 0. The number of urea groups is 1. The molecule has 1 fully saturated rings. The average molecular weight is 253 g/mol. The summed E-state index contributed by atoms with van der Waals surface area (Å²) < 4.78 is 5.76. The minimum atomic E-state index is -0.471. The van der Waals surface area contributed by atoms with Crippen LogP contribution in [0, 0.1) is 0 Å². The van der Waals surface area contributed by atoms with Crippen molar-refractivity contribution in [2.45, 2.75) is 12.2 Å². The van der Waals surface area contributed by atoms with Crippen molar-refractivity contribution in [2.24, 2.45) is 5.73 Å². The van der Waals surface area contributed by atoms with Gasteiger partial charge in [-0.1, -0.05) is 36.4 Å². The van der Waals surface area contributed by atoms with Gasteiger partial charge in [0.25, 0.3) is 0 Å². The molecule has 0 radical (unpaired) electrons. The number of para-hydroxylation sites is 2. The van der Waals surface area contributed by atoms with Crippen LogP contribution in [-0.4, -0.2) is 6.03 Å². The number of primary amides is 1. The van der Waals surface area contributed by atoms with Gasteiger partial charge in [0.2, 0.25) is 0 Å². The maximum Gasteiger partial charge on any atom is 0.323 e. The monoisotopic (exact) mass is 253 g/mol. The van der Waals surface area contributed by atoms with Gasteiger partial charge < -0.3 is 10.5 Å². The lowest BCUT2D eigenvalue weighted by molar-refractivity contribution is 0.256. The van der Waals surface area contributed by atoms with E-state index < -0.39 is 6.03 Å². The molecule has 0 aromatic heterocycles. The third-order valence-corrected chi connectivity index (χ3v) is 3.68. The number of benzene rings is 2. The van der Waals surface area contributed by atoms with Crippen LogP contribution in [0.15, 0.2) is 48.5 Å². The second kappa shape index (κ2) is 3.59. The zero-order chi connectivity index (χ0) is 13.0. The van der Waals surface area contributed by atoms with E-state index in [-0.39, 0.29) is 12.2 Å². The van der Waals surface area contributed by atoms with Crippen LogP contribution in [0.4, 0.5) is 16.2 Å². The second-order valence-electron chi connectivity index (χ2n) is 4.77. The summed E-state index contributed by atoms with van der Waals surface area (Å²) >= 11 is 0. The topological polar surface area (TPSA) is 58.9 Å². The van der Waals surface area contributed by atoms with E-state index in [0.29, 0.717) is 0 Å². The Kier molecular flexibility index (Phi) is 2.00. The molecule has 0 saturated carbocycles. The molecule has 0 bridgehead atoms. The van der Waals surface area contributed by atoms with Crippen molar-refractivity contribution in [3.05, 3.63) is 59.7 Å². The second-order valence-corrected chi connectivity index (χ2v) is 4.77. The number of rotatable bonds is 0. The molecule has 0 spiro atoms. The zero-order valence-corrected chi connectivity index (χ0v) is 10.1. The summed E-state index contributed by atoms with van der Waals surface area (Å²) in [6.45, 7) is 0. The molecule has 4 heteroatoms. The van der Waals surface area contributed by atoms with Gasteiger partial charge >= 0.3 is 6.03 Å². The highest BCUT2D eigenvalue weighted by Crippen LogP contribution is 2.58. The largest absolute Gasteiger partial charge is 0.359 e. The summed E-state index contributed by atoms with van der Waals surface area (Å²) in [7, 11) is 0. The van der Waals surface area contributed by atoms with E-state index in [1.54, 1.807) is 4.90 Å². The van der Waals surface area contributed by atoms with Crippen LogP contribution in [0.25, 0.3) is 0 Å². The molecule has 0 aliphatic carbocycles. The zero-order valence-electron chi connectivity index (χ0n) is 10.1. The van der Waals surface area contributed by atoms with Crippen LogP contribution < -0.4 is 10.6 Å². The highest BCUT2D eigenvalue weighted by atomic mass is 16.6. The molecule has 2 aliphatic heterocycles. The van der Waals surface area contributed by atoms with Gasteiger partial charge in [-0.25, -0.2) is 4.79 Å². The Hall–Kier alpha value is -2.33. The van der Waals surface area contributed by atoms with Crippen LogP contribution in [0.1, 0.15) is 23.3 Å².